The number of amides is 2. The number of carbonyl (C=O) groups is 1. The van der Waals surface area contributed by atoms with Crippen LogP contribution in [0.25, 0.3) is 0 Å². The molecule has 3 aromatic carbocycles. The molecule has 0 atom stereocenters. The number of nitrogens with zero attached hydrogens (tertiary/aromatic N) is 2. The molecule has 0 aliphatic carbocycles. The van der Waals surface area contributed by atoms with E-state index in [0.717, 1.165) is 4.31 Å². The molecule has 0 aromatic heterocycles. The fraction of sp³-hybridized carbons (Fsp3) is 0.0952. The number of carbonyl (C=O) groups excluding carboxylic acids is 1. The molecule has 0 bridgehead atoms. The van der Waals surface area contributed by atoms with Crippen LogP contribution < -0.4 is 9.21 Å². The highest BCUT2D eigenvalue weighted by atomic mass is 35.5. The van der Waals surface area contributed by atoms with Gasteiger partial charge in [-0.2, -0.15) is 4.31 Å². The van der Waals surface area contributed by atoms with Crippen molar-refractivity contribution >= 4 is 50.6 Å². The molecule has 0 fully saturated rings. The second kappa shape index (κ2) is 7.37. The lowest BCUT2D eigenvalue weighted by Crippen LogP contribution is -2.51. The van der Waals surface area contributed by atoms with Crippen molar-refractivity contribution in [3.8, 4) is 0 Å². The topological polar surface area (TPSA) is 57.7 Å². The molecule has 0 unspecified atom stereocenters. The predicted octanol–water partition coefficient (Wildman–Crippen LogP) is 5.64. The lowest BCUT2D eigenvalue weighted by atomic mass is 10.2. The van der Waals surface area contributed by atoms with Gasteiger partial charge in [-0.05, 0) is 48.4 Å². The highest BCUT2D eigenvalue weighted by Gasteiger charge is 2.43. The summed E-state index contributed by atoms with van der Waals surface area (Å²) in [6.07, 6.45) is 0. The van der Waals surface area contributed by atoms with Gasteiger partial charge < -0.3 is 0 Å². The quantitative estimate of drug-likeness (QED) is 0.522. The van der Waals surface area contributed by atoms with E-state index in [9.17, 15) is 13.2 Å². The summed E-state index contributed by atoms with van der Waals surface area (Å²) in [6.45, 7) is 1.86. The molecular formula is C21H16Cl2N2O3S. The molecule has 0 saturated carbocycles. The molecule has 1 aliphatic rings. The molecule has 1 aliphatic heterocycles. The molecule has 0 N–H and O–H groups in total. The van der Waals surface area contributed by atoms with Crippen LogP contribution in [0.15, 0.2) is 71.6 Å². The monoisotopic (exact) mass is 446 g/mol. The van der Waals surface area contributed by atoms with Gasteiger partial charge in [0.25, 0.3) is 10.0 Å². The number of aryl methyl sites for hydroxylation is 1. The number of fused-ring (bicyclic) bond motifs is 1. The number of hydrogen-bond acceptors (Lipinski definition) is 3. The van der Waals surface area contributed by atoms with Gasteiger partial charge in [0.05, 0.1) is 17.9 Å². The summed E-state index contributed by atoms with van der Waals surface area (Å²) in [5, 5.41) is 0.835. The summed E-state index contributed by atoms with van der Waals surface area (Å²) in [7, 11) is -4.11. The molecule has 0 saturated heterocycles. The maximum atomic E-state index is 13.5. The third kappa shape index (κ3) is 3.37. The second-order valence-corrected chi connectivity index (χ2v) is 9.23. The number of rotatable bonds is 3. The molecule has 148 valence electrons. The fourth-order valence-corrected chi connectivity index (χ4v) is 5.31. The van der Waals surface area contributed by atoms with Gasteiger partial charge in [-0.1, -0.05) is 59.6 Å². The molecule has 0 radical (unpaired) electrons. The van der Waals surface area contributed by atoms with Crippen LogP contribution in [0.3, 0.4) is 0 Å². The summed E-state index contributed by atoms with van der Waals surface area (Å²) in [6, 6.07) is 17.7. The first kappa shape index (κ1) is 19.8. The van der Waals surface area contributed by atoms with Crippen LogP contribution in [-0.4, -0.2) is 14.4 Å². The Hall–Kier alpha value is -2.54. The van der Waals surface area contributed by atoms with Crippen LogP contribution in [0.2, 0.25) is 10.0 Å². The number of sulfonamides is 1. The van der Waals surface area contributed by atoms with Gasteiger partial charge >= 0.3 is 6.03 Å². The molecule has 4 rings (SSSR count). The average molecular weight is 447 g/mol. The maximum absolute atomic E-state index is 13.5. The summed E-state index contributed by atoms with van der Waals surface area (Å²) >= 11 is 12.4. The van der Waals surface area contributed by atoms with Gasteiger partial charge in [-0.25, -0.2) is 13.2 Å². The van der Waals surface area contributed by atoms with E-state index in [2.05, 4.69) is 0 Å². The number of benzene rings is 3. The number of hydrogen-bond donors (Lipinski definition) is 0. The summed E-state index contributed by atoms with van der Waals surface area (Å²) < 4.78 is 27.5. The van der Waals surface area contributed by atoms with E-state index in [1.165, 1.54) is 17.0 Å². The Balaban J connectivity index is 1.92. The van der Waals surface area contributed by atoms with Crippen LogP contribution in [0.1, 0.15) is 11.1 Å². The SMILES string of the molecule is Cc1ccc(Cl)cc1N1C(=O)N(Cc2ccccc2Cl)c2ccccc2S1(=O)=O. The zero-order chi connectivity index (χ0) is 20.8. The first-order chi connectivity index (χ1) is 13.8. The van der Waals surface area contributed by atoms with Crippen molar-refractivity contribution in [3.63, 3.8) is 0 Å². The summed E-state index contributed by atoms with van der Waals surface area (Å²) in [5.41, 5.74) is 1.86. The molecule has 29 heavy (non-hydrogen) atoms. The minimum atomic E-state index is -4.11. The second-order valence-electron chi connectivity index (χ2n) is 6.63. The lowest BCUT2D eigenvalue weighted by Gasteiger charge is -2.37. The Labute approximate surface area is 179 Å². The van der Waals surface area contributed by atoms with Gasteiger partial charge in [0.1, 0.15) is 4.90 Å². The number of anilines is 2. The Morgan fingerprint density at radius 2 is 1.59 bits per heavy atom. The average Bonchev–Trinajstić information content (AvgIpc) is 2.69. The zero-order valence-corrected chi connectivity index (χ0v) is 17.7. The summed E-state index contributed by atoms with van der Waals surface area (Å²) in [4.78, 5) is 14.9. The number of urea groups is 1. The van der Waals surface area contributed by atoms with Crippen LogP contribution in [0.5, 0.6) is 0 Å². The van der Waals surface area contributed by atoms with Crippen molar-refractivity contribution in [1.29, 1.82) is 0 Å². The van der Waals surface area contributed by atoms with Crippen LogP contribution in [0, 0.1) is 6.92 Å². The van der Waals surface area contributed by atoms with Crippen molar-refractivity contribution in [2.75, 3.05) is 9.21 Å². The van der Waals surface area contributed by atoms with Gasteiger partial charge in [-0.15, -0.1) is 0 Å². The molecule has 8 heteroatoms. The van der Waals surface area contributed by atoms with E-state index in [0.29, 0.717) is 26.9 Å². The fourth-order valence-electron chi connectivity index (χ4n) is 3.30. The van der Waals surface area contributed by atoms with Crippen molar-refractivity contribution in [1.82, 2.24) is 0 Å². The van der Waals surface area contributed by atoms with Crippen LogP contribution in [0.4, 0.5) is 16.2 Å². The molecule has 1 heterocycles. The molecular weight excluding hydrogens is 431 g/mol. The van der Waals surface area contributed by atoms with Crippen molar-refractivity contribution in [2.24, 2.45) is 0 Å². The maximum Gasteiger partial charge on any atom is 0.343 e. The van der Waals surface area contributed by atoms with E-state index < -0.39 is 16.1 Å². The van der Waals surface area contributed by atoms with Gasteiger partial charge in [0, 0.05) is 10.0 Å². The molecule has 5 nitrogen and oxygen atoms in total. The molecule has 2 amide bonds. The Morgan fingerprint density at radius 3 is 2.34 bits per heavy atom. The summed E-state index contributed by atoms with van der Waals surface area (Å²) in [5.74, 6) is 0. The Kier molecular flexibility index (Phi) is 5.02. The van der Waals surface area contributed by atoms with Crippen LogP contribution in [-0.2, 0) is 16.6 Å². The third-order valence-corrected chi connectivity index (χ3v) is 7.09. The Morgan fingerprint density at radius 1 is 0.897 bits per heavy atom. The standard InChI is InChI=1S/C21H16Cl2N2O3S/c1-14-10-11-16(22)12-19(14)25-21(26)24(13-15-6-2-3-7-17(15)23)18-8-4-5-9-20(18)29(25,27)28/h2-12H,13H2,1H3. The highest BCUT2D eigenvalue weighted by molar-refractivity contribution is 7.94. The largest absolute Gasteiger partial charge is 0.343 e. The normalized spacial score (nSPS) is 15.3. The van der Waals surface area contributed by atoms with Gasteiger partial charge in [0.15, 0.2) is 0 Å². The van der Waals surface area contributed by atoms with E-state index in [4.69, 9.17) is 23.2 Å². The number of para-hydroxylation sites is 1. The highest BCUT2D eigenvalue weighted by Crippen LogP contribution is 2.40. The minimum absolute atomic E-state index is 0.0472. The first-order valence-corrected chi connectivity index (χ1v) is 11.0. The first-order valence-electron chi connectivity index (χ1n) is 8.76. The van der Waals surface area contributed by atoms with E-state index in [1.54, 1.807) is 55.5 Å². The number of halogens is 2. The predicted molar refractivity (Wildman–Crippen MR) is 115 cm³/mol. The lowest BCUT2D eigenvalue weighted by molar-refractivity contribution is 0.253. The third-order valence-electron chi connectivity index (χ3n) is 4.76. The molecule has 3 aromatic rings. The van der Waals surface area contributed by atoms with Crippen molar-refractivity contribution < 1.29 is 13.2 Å². The van der Waals surface area contributed by atoms with Gasteiger partial charge in [-0.3, -0.25) is 4.90 Å². The van der Waals surface area contributed by atoms with Crippen LogP contribution >= 0.6 is 23.2 Å². The minimum Gasteiger partial charge on any atom is -0.287 e. The zero-order valence-electron chi connectivity index (χ0n) is 15.3. The molecule has 0 spiro atoms. The van der Waals surface area contributed by atoms with E-state index in [-0.39, 0.29) is 17.1 Å². The van der Waals surface area contributed by atoms with Crippen molar-refractivity contribution in [2.45, 2.75) is 18.4 Å². The van der Waals surface area contributed by atoms with Crippen molar-refractivity contribution in [3.05, 3.63) is 87.9 Å². The van der Waals surface area contributed by atoms with Gasteiger partial charge in [0.2, 0.25) is 0 Å². The van der Waals surface area contributed by atoms with E-state index in [1.807, 2.05) is 6.07 Å². The Bertz CT molecular complexity index is 1230. The van der Waals surface area contributed by atoms with E-state index >= 15 is 0 Å². The smallest absolute Gasteiger partial charge is 0.287 e.